The van der Waals surface area contributed by atoms with Crippen molar-refractivity contribution in [2.45, 2.75) is 0 Å². The van der Waals surface area contributed by atoms with Crippen molar-refractivity contribution in [3.05, 3.63) is 105 Å². The van der Waals surface area contributed by atoms with Crippen LogP contribution in [-0.4, -0.2) is 21.9 Å². The van der Waals surface area contributed by atoms with Crippen molar-refractivity contribution in [1.29, 1.82) is 0 Å². The van der Waals surface area contributed by atoms with E-state index in [0.29, 0.717) is 28.1 Å². The molecule has 0 unspecified atom stereocenters. The van der Waals surface area contributed by atoms with Crippen molar-refractivity contribution in [3.8, 4) is 0 Å². The second-order valence-corrected chi connectivity index (χ2v) is 7.48. The molecular weight excluding hydrogens is 468 g/mol. The first-order valence-corrected chi connectivity index (χ1v) is 10.5. The maximum atomic E-state index is 12.6. The van der Waals surface area contributed by atoms with Gasteiger partial charge in [-0.1, -0.05) is 24.3 Å². The maximum Gasteiger partial charge on any atom is 0.323 e. The molecule has 4 aromatic carbocycles. The summed E-state index contributed by atoms with van der Waals surface area (Å²) in [5, 5.41) is 33.6. The largest absolute Gasteiger partial charge is 0.323 e. The van der Waals surface area contributed by atoms with Crippen LogP contribution in [0.5, 0.6) is 0 Å². The summed E-state index contributed by atoms with van der Waals surface area (Å²) in [6.07, 6.45) is 0. The van der Waals surface area contributed by atoms with Crippen LogP contribution in [0, 0.1) is 20.2 Å². The van der Waals surface area contributed by atoms with Crippen molar-refractivity contribution in [2.24, 2.45) is 0 Å². The molecule has 0 aliphatic carbocycles. The van der Waals surface area contributed by atoms with Gasteiger partial charge in [-0.3, -0.25) is 20.2 Å². The molecule has 0 radical (unpaired) electrons. The zero-order valence-electron chi connectivity index (χ0n) is 18.4. The fourth-order valence-electron chi connectivity index (χ4n) is 3.45. The number of fused-ring (bicyclic) bond motifs is 1. The summed E-state index contributed by atoms with van der Waals surface area (Å²) in [4.78, 5) is 45.7. The van der Waals surface area contributed by atoms with Crippen LogP contribution in [0.4, 0.5) is 43.7 Å². The molecule has 4 amide bonds. The van der Waals surface area contributed by atoms with Gasteiger partial charge in [0.15, 0.2) is 0 Å². The van der Waals surface area contributed by atoms with Crippen LogP contribution in [0.1, 0.15) is 0 Å². The number of hydrogen-bond donors (Lipinski definition) is 4. The molecule has 0 aromatic heterocycles. The van der Waals surface area contributed by atoms with Gasteiger partial charge in [-0.2, -0.15) is 0 Å². The molecule has 0 spiro atoms. The summed E-state index contributed by atoms with van der Waals surface area (Å²) in [7, 11) is 0. The van der Waals surface area contributed by atoms with Crippen molar-refractivity contribution in [1.82, 2.24) is 0 Å². The van der Waals surface area contributed by atoms with Crippen LogP contribution in [0.15, 0.2) is 84.9 Å². The summed E-state index contributed by atoms with van der Waals surface area (Å²) >= 11 is 0. The van der Waals surface area contributed by atoms with E-state index in [1.54, 1.807) is 24.3 Å². The Balaban J connectivity index is 1.51. The van der Waals surface area contributed by atoms with Gasteiger partial charge in [0.2, 0.25) is 0 Å². The fraction of sp³-hybridized carbons (Fsp3) is 0. The fourth-order valence-corrected chi connectivity index (χ4v) is 3.45. The number of non-ortho nitro benzene ring substituents is 2. The Morgan fingerprint density at radius 1 is 0.556 bits per heavy atom. The molecule has 4 N–H and O–H groups in total. The number of nitrogens with zero attached hydrogens (tertiary/aromatic N) is 2. The summed E-state index contributed by atoms with van der Waals surface area (Å²) < 4.78 is 0. The molecule has 0 saturated heterocycles. The standard InChI is InChI=1S/C24H18N6O6/c31-23(25-16-7-11-18(12-8-16)29(33)34)27-20-5-1-3-15-4-2-6-21(22(15)20)28-24(32)26-17-9-13-19(14-10-17)30(35)36/h1-14H,(H2,25,27,31)(H2,26,28,32). The monoisotopic (exact) mass is 486 g/mol. The van der Waals surface area contributed by atoms with Gasteiger partial charge < -0.3 is 21.3 Å². The lowest BCUT2D eigenvalue weighted by molar-refractivity contribution is -0.385. The molecular formula is C24H18N6O6. The number of nitrogens with one attached hydrogen (secondary N) is 4. The third-order valence-electron chi connectivity index (χ3n) is 5.07. The lowest BCUT2D eigenvalue weighted by Gasteiger charge is -2.14. The quantitative estimate of drug-likeness (QED) is 0.194. The highest BCUT2D eigenvalue weighted by molar-refractivity contribution is 6.13. The van der Waals surface area contributed by atoms with Crippen LogP contribution >= 0.6 is 0 Å². The minimum atomic E-state index is -0.582. The maximum absolute atomic E-state index is 12.6. The Hall–Kier alpha value is -5.52. The topological polar surface area (TPSA) is 169 Å². The van der Waals surface area contributed by atoms with E-state index in [9.17, 15) is 29.8 Å². The SMILES string of the molecule is O=C(Nc1ccc([N+](=O)[O-])cc1)Nc1cccc2cccc(NC(=O)Nc3ccc([N+](=O)[O-])cc3)c12. The predicted octanol–water partition coefficient (Wildman–Crippen LogP) is 5.94. The normalized spacial score (nSPS) is 10.3. The molecule has 0 fully saturated rings. The highest BCUT2D eigenvalue weighted by Crippen LogP contribution is 2.31. The minimum absolute atomic E-state index is 0.0993. The van der Waals surface area contributed by atoms with Crippen molar-refractivity contribution in [2.75, 3.05) is 21.3 Å². The Labute approximate surface area is 203 Å². The molecule has 0 heterocycles. The van der Waals surface area contributed by atoms with E-state index in [2.05, 4.69) is 21.3 Å². The first-order chi connectivity index (χ1) is 17.3. The van der Waals surface area contributed by atoms with E-state index in [1.807, 2.05) is 12.1 Å². The van der Waals surface area contributed by atoms with Gasteiger partial charge >= 0.3 is 12.1 Å². The van der Waals surface area contributed by atoms with Gasteiger partial charge in [0.05, 0.1) is 21.2 Å². The average Bonchev–Trinajstić information content (AvgIpc) is 2.85. The number of urea groups is 2. The molecule has 0 saturated carbocycles. The molecule has 4 aromatic rings. The van der Waals surface area contributed by atoms with Gasteiger partial charge in [0, 0.05) is 41.0 Å². The molecule has 0 bridgehead atoms. The molecule has 0 aliphatic heterocycles. The molecule has 180 valence electrons. The lowest BCUT2D eigenvalue weighted by Crippen LogP contribution is -2.21. The van der Waals surface area contributed by atoms with Crippen LogP contribution < -0.4 is 21.3 Å². The molecule has 0 aliphatic rings. The second-order valence-electron chi connectivity index (χ2n) is 7.48. The van der Waals surface area contributed by atoms with Crippen LogP contribution in [0.3, 0.4) is 0 Å². The van der Waals surface area contributed by atoms with Gasteiger partial charge in [-0.15, -0.1) is 0 Å². The molecule has 4 rings (SSSR count). The van der Waals surface area contributed by atoms with Crippen LogP contribution in [-0.2, 0) is 0 Å². The zero-order valence-corrected chi connectivity index (χ0v) is 18.4. The number of carbonyl (C=O) groups excluding carboxylic acids is 2. The minimum Gasteiger partial charge on any atom is -0.308 e. The summed E-state index contributed by atoms with van der Waals surface area (Å²) in [5.41, 5.74) is 1.35. The van der Waals surface area contributed by atoms with E-state index in [4.69, 9.17) is 0 Å². The number of hydrogen-bond acceptors (Lipinski definition) is 6. The summed E-state index contributed by atoms with van der Waals surface area (Å²) in [6, 6.07) is 20.0. The number of nitro benzene ring substituents is 2. The number of nitro groups is 2. The Kier molecular flexibility index (Phi) is 6.68. The number of amides is 4. The lowest BCUT2D eigenvalue weighted by atomic mass is 10.1. The van der Waals surface area contributed by atoms with Crippen molar-refractivity contribution in [3.63, 3.8) is 0 Å². The zero-order chi connectivity index (χ0) is 25.7. The van der Waals surface area contributed by atoms with E-state index < -0.39 is 21.9 Å². The van der Waals surface area contributed by atoms with E-state index >= 15 is 0 Å². The Morgan fingerprint density at radius 3 is 1.31 bits per heavy atom. The van der Waals surface area contributed by atoms with Crippen molar-refractivity contribution >= 4 is 57.0 Å². The van der Waals surface area contributed by atoms with Gasteiger partial charge in [-0.25, -0.2) is 9.59 Å². The van der Waals surface area contributed by atoms with Gasteiger partial charge in [0.25, 0.3) is 11.4 Å². The van der Waals surface area contributed by atoms with Crippen molar-refractivity contribution < 1.29 is 19.4 Å². The Bertz CT molecular complexity index is 1360. The number of carbonyl (C=O) groups is 2. The predicted molar refractivity (Wildman–Crippen MR) is 135 cm³/mol. The third-order valence-corrected chi connectivity index (χ3v) is 5.07. The number of anilines is 4. The van der Waals surface area contributed by atoms with Crippen LogP contribution in [0.2, 0.25) is 0 Å². The Morgan fingerprint density at radius 2 is 0.944 bits per heavy atom. The molecule has 0 atom stereocenters. The average molecular weight is 486 g/mol. The summed E-state index contributed by atoms with van der Waals surface area (Å²) in [5.74, 6) is 0. The highest BCUT2D eigenvalue weighted by atomic mass is 16.6. The van der Waals surface area contributed by atoms with E-state index in [-0.39, 0.29) is 11.4 Å². The highest BCUT2D eigenvalue weighted by Gasteiger charge is 2.13. The molecule has 36 heavy (non-hydrogen) atoms. The third kappa shape index (κ3) is 5.51. The first kappa shape index (κ1) is 23.6. The van der Waals surface area contributed by atoms with Gasteiger partial charge in [0.1, 0.15) is 0 Å². The molecule has 12 heteroatoms. The summed E-state index contributed by atoms with van der Waals surface area (Å²) in [6.45, 7) is 0. The van der Waals surface area contributed by atoms with E-state index in [1.165, 1.54) is 48.5 Å². The molecule has 12 nitrogen and oxygen atoms in total. The van der Waals surface area contributed by atoms with Crippen LogP contribution in [0.25, 0.3) is 10.8 Å². The van der Waals surface area contributed by atoms with E-state index in [0.717, 1.165) is 5.39 Å². The number of rotatable bonds is 6. The second kappa shape index (κ2) is 10.2. The smallest absolute Gasteiger partial charge is 0.308 e. The first-order valence-electron chi connectivity index (χ1n) is 10.5. The van der Waals surface area contributed by atoms with Gasteiger partial charge in [-0.05, 0) is 41.8 Å². The number of benzene rings is 4.